The Kier molecular flexibility index (Phi) is 4.10. The smallest absolute Gasteiger partial charge is 0.0159 e. The fourth-order valence-electron chi connectivity index (χ4n) is 6.61. The number of rotatable bonds is 1. The van der Waals surface area contributed by atoms with Crippen LogP contribution in [0.4, 0.5) is 0 Å². The second-order valence-corrected chi connectivity index (χ2v) is 11.0. The summed E-state index contributed by atoms with van der Waals surface area (Å²) in [6.45, 7) is 4.72. The number of hydrogen-bond donors (Lipinski definition) is 0. The molecule has 0 spiro atoms. The minimum atomic E-state index is -0.000701. The molecule has 0 amide bonds. The topological polar surface area (TPSA) is 0 Å². The first kappa shape index (κ1) is 20.7. The highest BCUT2D eigenvalue weighted by atomic mass is 14.4. The number of benzene rings is 7. The summed E-state index contributed by atoms with van der Waals surface area (Å²) in [7, 11) is 0. The molecule has 1 aliphatic rings. The molecule has 0 aromatic heterocycles. The van der Waals surface area contributed by atoms with E-state index in [1.165, 1.54) is 76.5 Å². The standard InChI is InChI=1S/C37H26/c1-37(2)35-10-6-5-9-30(35)34-21-28-18-15-25-14-17-27(20-32(25)33(28)22-36(34)37)26-16-13-24-12-11-23-7-3-4-8-29(23)31(24)19-26/h3-22H,1-2H3. The summed E-state index contributed by atoms with van der Waals surface area (Å²) in [4.78, 5) is 0. The minimum Gasteiger partial charge on any atom is -0.0619 e. The van der Waals surface area contributed by atoms with Gasteiger partial charge in [-0.3, -0.25) is 0 Å². The summed E-state index contributed by atoms with van der Waals surface area (Å²) in [5, 5.41) is 10.4. The van der Waals surface area contributed by atoms with Gasteiger partial charge in [0.1, 0.15) is 0 Å². The van der Waals surface area contributed by atoms with Gasteiger partial charge < -0.3 is 0 Å². The van der Waals surface area contributed by atoms with Crippen molar-refractivity contribution in [2.45, 2.75) is 19.3 Å². The Balaban J connectivity index is 1.36. The first-order chi connectivity index (χ1) is 18.1. The van der Waals surface area contributed by atoms with Gasteiger partial charge in [0, 0.05) is 5.41 Å². The predicted molar refractivity (Wildman–Crippen MR) is 159 cm³/mol. The molecule has 1 aliphatic carbocycles. The van der Waals surface area contributed by atoms with Crippen LogP contribution in [0.1, 0.15) is 25.0 Å². The van der Waals surface area contributed by atoms with Crippen LogP contribution >= 0.6 is 0 Å². The molecule has 0 unspecified atom stereocenters. The van der Waals surface area contributed by atoms with Crippen molar-refractivity contribution in [1.29, 1.82) is 0 Å². The fraction of sp³-hybridized carbons (Fsp3) is 0.0811. The lowest BCUT2D eigenvalue weighted by atomic mass is 9.81. The monoisotopic (exact) mass is 470 g/mol. The molecule has 0 heterocycles. The van der Waals surface area contributed by atoms with Crippen LogP contribution in [0.5, 0.6) is 0 Å². The summed E-state index contributed by atoms with van der Waals surface area (Å²) in [6, 6.07) is 45.3. The third-order valence-electron chi connectivity index (χ3n) is 8.62. The van der Waals surface area contributed by atoms with Gasteiger partial charge >= 0.3 is 0 Å². The van der Waals surface area contributed by atoms with Crippen LogP contribution in [0.3, 0.4) is 0 Å². The van der Waals surface area contributed by atoms with E-state index in [2.05, 4.69) is 135 Å². The molecule has 0 nitrogen and oxygen atoms in total. The first-order valence-corrected chi connectivity index (χ1v) is 13.1. The molecule has 0 bridgehead atoms. The van der Waals surface area contributed by atoms with Crippen molar-refractivity contribution in [2.24, 2.45) is 0 Å². The average molecular weight is 471 g/mol. The molecular formula is C37H26. The maximum atomic E-state index is 2.46. The van der Waals surface area contributed by atoms with Crippen LogP contribution in [0.15, 0.2) is 121 Å². The largest absolute Gasteiger partial charge is 0.0619 e. The molecular weight excluding hydrogens is 444 g/mol. The van der Waals surface area contributed by atoms with Gasteiger partial charge in [-0.15, -0.1) is 0 Å². The summed E-state index contributed by atoms with van der Waals surface area (Å²) < 4.78 is 0. The van der Waals surface area contributed by atoms with Crippen molar-refractivity contribution in [3.63, 3.8) is 0 Å². The fourth-order valence-corrected chi connectivity index (χ4v) is 6.61. The van der Waals surface area contributed by atoms with E-state index in [9.17, 15) is 0 Å². The van der Waals surface area contributed by atoms with Gasteiger partial charge in [0.25, 0.3) is 0 Å². The minimum absolute atomic E-state index is 0.000701. The zero-order chi connectivity index (χ0) is 24.7. The van der Waals surface area contributed by atoms with E-state index >= 15 is 0 Å². The zero-order valence-corrected chi connectivity index (χ0v) is 21.0. The second-order valence-electron chi connectivity index (χ2n) is 11.0. The third kappa shape index (κ3) is 2.90. The highest BCUT2D eigenvalue weighted by Crippen LogP contribution is 2.50. The lowest BCUT2D eigenvalue weighted by Gasteiger charge is -2.22. The molecule has 8 rings (SSSR count). The first-order valence-electron chi connectivity index (χ1n) is 13.1. The van der Waals surface area contributed by atoms with Crippen LogP contribution in [-0.2, 0) is 5.41 Å². The van der Waals surface area contributed by atoms with Gasteiger partial charge in [0.05, 0.1) is 0 Å². The average Bonchev–Trinajstić information content (AvgIpc) is 3.17. The van der Waals surface area contributed by atoms with E-state index in [0.29, 0.717) is 0 Å². The van der Waals surface area contributed by atoms with Gasteiger partial charge in [-0.05, 0) is 101 Å². The Morgan fingerprint density at radius 1 is 0.378 bits per heavy atom. The van der Waals surface area contributed by atoms with E-state index in [-0.39, 0.29) is 5.41 Å². The zero-order valence-electron chi connectivity index (χ0n) is 21.0. The molecule has 0 heteroatoms. The highest BCUT2D eigenvalue weighted by Gasteiger charge is 2.35. The van der Waals surface area contributed by atoms with Crippen molar-refractivity contribution in [3.8, 4) is 22.3 Å². The predicted octanol–water partition coefficient (Wildman–Crippen LogP) is 10.3. The van der Waals surface area contributed by atoms with Crippen molar-refractivity contribution >= 4 is 43.1 Å². The Morgan fingerprint density at radius 3 is 1.68 bits per heavy atom. The molecule has 0 radical (unpaired) electrons. The normalized spacial score (nSPS) is 13.9. The lowest BCUT2D eigenvalue weighted by Crippen LogP contribution is -2.14. The molecule has 0 atom stereocenters. The molecule has 174 valence electrons. The maximum Gasteiger partial charge on any atom is 0.0159 e. The number of fused-ring (bicyclic) bond motifs is 9. The van der Waals surface area contributed by atoms with Crippen LogP contribution < -0.4 is 0 Å². The quantitative estimate of drug-likeness (QED) is 0.209. The van der Waals surface area contributed by atoms with Crippen LogP contribution in [0.2, 0.25) is 0 Å². The van der Waals surface area contributed by atoms with E-state index in [0.717, 1.165) is 0 Å². The van der Waals surface area contributed by atoms with Crippen molar-refractivity contribution in [2.75, 3.05) is 0 Å². The second kappa shape index (κ2) is 7.31. The summed E-state index contributed by atoms with van der Waals surface area (Å²) >= 11 is 0. The summed E-state index contributed by atoms with van der Waals surface area (Å²) in [5.74, 6) is 0. The summed E-state index contributed by atoms with van der Waals surface area (Å²) in [6.07, 6.45) is 0. The van der Waals surface area contributed by atoms with Gasteiger partial charge in [0.15, 0.2) is 0 Å². The highest BCUT2D eigenvalue weighted by molar-refractivity contribution is 6.12. The van der Waals surface area contributed by atoms with Crippen LogP contribution in [0, 0.1) is 0 Å². The van der Waals surface area contributed by atoms with Gasteiger partial charge in [-0.2, -0.15) is 0 Å². The molecule has 37 heavy (non-hydrogen) atoms. The third-order valence-corrected chi connectivity index (χ3v) is 8.62. The SMILES string of the molecule is CC1(C)c2ccccc2-c2cc3ccc4ccc(-c5ccc6ccc7ccccc7c6c5)cc4c3cc21. The molecule has 0 saturated heterocycles. The van der Waals surface area contributed by atoms with Crippen LogP contribution in [-0.4, -0.2) is 0 Å². The van der Waals surface area contributed by atoms with Crippen LogP contribution in [0.25, 0.3) is 65.3 Å². The Morgan fingerprint density at radius 2 is 0.919 bits per heavy atom. The molecule has 0 fully saturated rings. The van der Waals surface area contributed by atoms with Gasteiger partial charge in [0.2, 0.25) is 0 Å². The van der Waals surface area contributed by atoms with E-state index < -0.39 is 0 Å². The number of hydrogen-bond acceptors (Lipinski definition) is 0. The van der Waals surface area contributed by atoms with Gasteiger partial charge in [-0.1, -0.05) is 111 Å². The molecule has 7 aromatic carbocycles. The van der Waals surface area contributed by atoms with Crippen molar-refractivity contribution < 1.29 is 0 Å². The van der Waals surface area contributed by atoms with E-state index in [1.807, 2.05) is 0 Å². The molecule has 0 saturated carbocycles. The lowest BCUT2D eigenvalue weighted by molar-refractivity contribution is 0.661. The molecule has 7 aromatic rings. The molecule has 0 N–H and O–H groups in total. The Hall–Kier alpha value is -4.42. The summed E-state index contributed by atoms with van der Waals surface area (Å²) in [5.41, 5.74) is 8.13. The van der Waals surface area contributed by atoms with E-state index in [1.54, 1.807) is 0 Å². The van der Waals surface area contributed by atoms with Crippen molar-refractivity contribution in [1.82, 2.24) is 0 Å². The maximum absolute atomic E-state index is 2.46. The van der Waals surface area contributed by atoms with Crippen molar-refractivity contribution in [3.05, 3.63) is 132 Å². The van der Waals surface area contributed by atoms with Gasteiger partial charge in [-0.25, -0.2) is 0 Å². The van der Waals surface area contributed by atoms with E-state index in [4.69, 9.17) is 0 Å². The molecule has 0 aliphatic heterocycles. The Bertz CT molecular complexity index is 2060. The Labute approximate surface area is 216 Å².